The average molecular weight is 384 g/mol. The Bertz CT molecular complexity index is 757. The molecule has 1 unspecified atom stereocenters. The van der Waals surface area contributed by atoms with Crippen molar-refractivity contribution in [3.63, 3.8) is 0 Å². The normalized spacial score (nSPS) is 14.8. The third-order valence-electron chi connectivity index (χ3n) is 4.14. The summed E-state index contributed by atoms with van der Waals surface area (Å²) >= 11 is -1.37. The first kappa shape index (κ1) is 21.7. The van der Waals surface area contributed by atoms with Crippen LogP contribution in [-0.4, -0.2) is 29.4 Å². The van der Waals surface area contributed by atoms with E-state index in [1.807, 2.05) is 45.0 Å². The number of nitrogens with zero attached hydrogens (tertiary/aromatic N) is 1. The number of hydrogen-bond donors (Lipinski definition) is 1. The van der Waals surface area contributed by atoms with Crippen LogP contribution >= 0.6 is 0 Å². The van der Waals surface area contributed by atoms with E-state index >= 15 is 0 Å². The van der Waals surface area contributed by atoms with Crippen LogP contribution in [0.5, 0.6) is 0 Å². The van der Waals surface area contributed by atoms with Crippen molar-refractivity contribution in [2.75, 3.05) is 6.54 Å². The van der Waals surface area contributed by atoms with Crippen molar-refractivity contribution in [3.8, 4) is 0 Å². The molecular formula is C21H26BFN2OS. The fourth-order valence-electron chi connectivity index (χ4n) is 2.43. The standard InChI is InChI=1S/C21H26BFN2OS/c1-15(16-5-9-18(22)10-6-16)24-14-13-20(25-27(26)21(2,3)4)17-7-11-19(23)12-8-17/h5-12,15,24H,13-14H2,1-4H3/t15-,27?/m0/s1. The molecule has 0 saturated carbocycles. The smallest absolute Gasteiger partial charge is 0.144 e. The van der Waals surface area contributed by atoms with Gasteiger partial charge in [-0.2, -0.15) is 0 Å². The van der Waals surface area contributed by atoms with E-state index in [0.717, 1.165) is 16.6 Å². The fourth-order valence-corrected chi connectivity index (χ4v) is 3.10. The predicted octanol–water partition coefficient (Wildman–Crippen LogP) is 3.61. The molecule has 6 heteroatoms. The summed E-state index contributed by atoms with van der Waals surface area (Å²) in [5.74, 6) is -0.301. The Kier molecular flexibility index (Phi) is 7.65. The van der Waals surface area contributed by atoms with Crippen LogP contribution in [0.2, 0.25) is 0 Å². The highest BCUT2D eigenvalue weighted by molar-refractivity contribution is 7.91. The SMILES string of the molecule is [B]c1ccc([C@H](C)NCCC(=N[S+]([O-])C(C)(C)C)c2ccc(F)cc2)cc1. The molecule has 0 aliphatic heterocycles. The van der Waals surface area contributed by atoms with Gasteiger partial charge >= 0.3 is 0 Å². The maximum atomic E-state index is 13.3. The summed E-state index contributed by atoms with van der Waals surface area (Å²) in [6, 6.07) is 14.1. The minimum atomic E-state index is -1.37. The summed E-state index contributed by atoms with van der Waals surface area (Å²) in [5.41, 5.74) is 3.38. The van der Waals surface area contributed by atoms with Crippen LogP contribution < -0.4 is 10.8 Å². The minimum absolute atomic E-state index is 0.146. The molecule has 0 heterocycles. The Labute approximate surface area is 166 Å². The summed E-state index contributed by atoms with van der Waals surface area (Å²) in [4.78, 5) is 0. The van der Waals surface area contributed by atoms with Crippen molar-refractivity contribution >= 4 is 30.4 Å². The maximum absolute atomic E-state index is 13.3. The van der Waals surface area contributed by atoms with E-state index in [2.05, 4.69) is 16.6 Å². The van der Waals surface area contributed by atoms with Crippen molar-refractivity contribution in [2.45, 2.75) is 44.9 Å². The topological polar surface area (TPSA) is 47.5 Å². The molecule has 2 atom stereocenters. The molecule has 0 spiro atoms. The van der Waals surface area contributed by atoms with Gasteiger partial charge in [0.1, 0.15) is 29.8 Å². The zero-order chi connectivity index (χ0) is 20.0. The monoisotopic (exact) mass is 384 g/mol. The first-order valence-electron chi connectivity index (χ1n) is 9.01. The van der Waals surface area contributed by atoms with Crippen molar-refractivity contribution in [1.29, 1.82) is 0 Å². The van der Waals surface area contributed by atoms with E-state index in [9.17, 15) is 8.94 Å². The van der Waals surface area contributed by atoms with Crippen molar-refractivity contribution < 1.29 is 8.94 Å². The largest absolute Gasteiger partial charge is 0.591 e. The van der Waals surface area contributed by atoms with Gasteiger partial charge in [-0.3, -0.25) is 0 Å². The van der Waals surface area contributed by atoms with Gasteiger partial charge in [0.25, 0.3) is 0 Å². The summed E-state index contributed by atoms with van der Waals surface area (Å²) in [6.45, 7) is 8.39. The first-order chi connectivity index (χ1) is 12.7. The molecule has 2 radical (unpaired) electrons. The van der Waals surface area contributed by atoms with Crippen LogP contribution in [0.3, 0.4) is 0 Å². The third-order valence-corrected chi connectivity index (χ3v) is 5.58. The zero-order valence-corrected chi connectivity index (χ0v) is 17.1. The lowest BCUT2D eigenvalue weighted by Crippen LogP contribution is -2.28. The van der Waals surface area contributed by atoms with Gasteiger partial charge in [-0.05, 0) is 45.4 Å². The second-order valence-corrected chi connectivity index (χ2v) is 9.40. The molecule has 0 amide bonds. The predicted molar refractivity (Wildman–Crippen MR) is 114 cm³/mol. The Morgan fingerprint density at radius 3 is 2.30 bits per heavy atom. The third kappa shape index (κ3) is 6.80. The van der Waals surface area contributed by atoms with E-state index in [4.69, 9.17) is 7.85 Å². The first-order valence-corrected chi connectivity index (χ1v) is 10.1. The lowest BCUT2D eigenvalue weighted by atomic mass is 9.94. The number of hydrogen-bond acceptors (Lipinski definition) is 3. The lowest BCUT2D eigenvalue weighted by molar-refractivity contribution is 0.561. The van der Waals surface area contributed by atoms with E-state index in [0.29, 0.717) is 18.7 Å². The molecule has 0 fully saturated rings. The van der Waals surface area contributed by atoms with E-state index < -0.39 is 16.1 Å². The van der Waals surface area contributed by atoms with Crippen LogP contribution in [0.4, 0.5) is 4.39 Å². The highest BCUT2D eigenvalue weighted by atomic mass is 32.2. The van der Waals surface area contributed by atoms with Gasteiger partial charge in [-0.1, -0.05) is 46.3 Å². The molecule has 0 bridgehead atoms. The van der Waals surface area contributed by atoms with Crippen molar-refractivity contribution in [1.82, 2.24) is 5.32 Å². The molecule has 0 saturated heterocycles. The van der Waals surface area contributed by atoms with Crippen LogP contribution in [0.15, 0.2) is 52.9 Å². The number of nitrogens with one attached hydrogen (secondary N) is 1. The molecule has 3 nitrogen and oxygen atoms in total. The summed E-state index contributed by atoms with van der Waals surface area (Å²) in [7, 11) is 5.73. The van der Waals surface area contributed by atoms with E-state index in [1.54, 1.807) is 12.1 Å². The second-order valence-electron chi connectivity index (χ2n) is 7.50. The van der Waals surface area contributed by atoms with Crippen LogP contribution in [0, 0.1) is 5.82 Å². The Morgan fingerprint density at radius 2 is 1.74 bits per heavy atom. The number of halogens is 1. The van der Waals surface area contributed by atoms with Gasteiger partial charge in [0, 0.05) is 24.6 Å². The molecule has 0 aliphatic carbocycles. The Hall–Kier alpha value is -1.63. The lowest BCUT2D eigenvalue weighted by Gasteiger charge is -2.20. The fraction of sp³-hybridized carbons (Fsp3) is 0.381. The maximum Gasteiger partial charge on any atom is 0.144 e. The Balaban J connectivity index is 2.08. The van der Waals surface area contributed by atoms with Crippen LogP contribution in [-0.2, 0) is 11.4 Å². The average Bonchev–Trinajstić information content (AvgIpc) is 2.61. The van der Waals surface area contributed by atoms with Gasteiger partial charge in [-0.25, -0.2) is 4.39 Å². The highest BCUT2D eigenvalue weighted by Crippen LogP contribution is 2.19. The van der Waals surface area contributed by atoms with Crippen LogP contribution in [0.1, 0.15) is 51.3 Å². The number of benzene rings is 2. The molecule has 0 aliphatic rings. The zero-order valence-electron chi connectivity index (χ0n) is 16.3. The Morgan fingerprint density at radius 1 is 1.15 bits per heavy atom. The molecule has 2 rings (SSSR count). The van der Waals surface area contributed by atoms with Gasteiger partial charge in [0.15, 0.2) is 0 Å². The minimum Gasteiger partial charge on any atom is -0.591 e. The van der Waals surface area contributed by atoms with E-state index in [1.165, 1.54) is 12.1 Å². The van der Waals surface area contributed by atoms with Crippen molar-refractivity contribution in [3.05, 3.63) is 65.5 Å². The molecule has 27 heavy (non-hydrogen) atoms. The van der Waals surface area contributed by atoms with Gasteiger partial charge < -0.3 is 9.87 Å². The van der Waals surface area contributed by atoms with E-state index in [-0.39, 0.29) is 11.9 Å². The highest BCUT2D eigenvalue weighted by Gasteiger charge is 2.27. The molecule has 142 valence electrons. The second kappa shape index (κ2) is 9.53. The van der Waals surface area contributed by atoms with Gasteiger partial charge in [0.05, 0.1) is 5.71 Å². The molecular weight excluding hydrogens is 358 g/mol. The molecule has 2 aromatic rings. The van der Waals surface area contributed by atoms with Crippen molar-refractivity contribution in [2.24, 2.45) is 4.40 Å². The summed E-state index contributed by atoms with van der Waals surface area (Å²) in [6.07, 6.45) is 0.590. The molecule has 1 N–H and O–H groups in total. The number of rotatable bonds is 7. The van der Waals surface area contributed by atoms with Gasteiger partial charge in [0.2, 0.25) is 0 Å². The summed E-state index contributed by atoms with van der Waals surface area (Å²) in [5, 5.41) is 3.45. The van der Waals surface area contributed by atoms with Crippen LogP contribution in [0.25, 0.3) is 0 Å². The molecule has 2 aromatic carbocycles. The van der Waals surface area contributed by atoms with Gasteiger partial charge in [-0.15, -0.1) is 0 Å². The summed E-state index contributed by atoms with van der Waals surface area (Å²) < 4.78 is 29.7. The quantitative estimate of drug-likeness (QED) is 0.450. The molecule has 0 aromatic heterocycles.